The lowest BCUT2D eigenvalue weighted by Gasteiger charge is -2.43. The van der Waals surface area contributed by atoms with Crippen molar-refractivity contribution in [2.75, 3.05) is 31.1 Å². The molecule has 2 aromatic rings. The fourth-order valence-corrected chi connectivity index (χ4v) is 5.94. The number of piperazine rings is 1. The minimum absolute atomic E-state index is 0.133. The smallest absolute Gasteiger partial charge is 0.283 e. The Hall–Kier alpha value is -2.22. The van der Waals surface area contributed by atoms with Gasteiger partial charge >= 0.3 is 0 Å². The van der Waals surface area contributed by atoms with Gasteiger partial charge in [-0.25, -0.2) is 9.97 Å². The Labute approximate surface area is 158 Å². The average Bonchev–Trinajstić information content (AvgIpc) is 3.20. The number of nitriles is 1. The van der Waals surface area contributed by atoms with E-state index < -0.39 is 15.7 Å². The lowest BCUT2D eigenvalue weighted by atomic mass is 10.2. The van der Waals surface area contributed by atoms with Gasteiger partial charge in [0.25, 0.3) is 10.2 Å². The number of nitrogens with zero attached hydrogens (tertiary/aromatic N) is 6. The predicted molar refractivity (Wildman–Crippen MR) is 101 cm³/mol. The third-order valence-electron chi connectivity index (χ3n) is 5.42. The van der Waals surface area contributed by atoms with Gasteiger partial charge in [0.05, 0.1) is 17.0 Å². The molecule has 1 N–H and O–H groups in total. The molecule has 1 saturated carbocycles. The van der Waals surface area contributed by atoms with Crippen LogP contribution in [0.4, 0.5) is 5.82 Å². The Kier molecular flexibility index (Phi) is 4.33. The van der Waals surface area contributed by atoms with Crippen LogP contribution in [0.2, 0.25) is 0 Å². The molecule has 1 aliphatic heterocycles. The highest BCUT2D eigenvalue weighted by Crippen LogP contribution is 2.47. The predicted octanol–water partition coefficient (Wildman–Crippen LogP) is 1.09. The van der Waals surface area contributed by atoms with Gasteiger partial charge in [0.1, 0.15) is 24.3 Å². The molecule has 0 atom stereocenters. The number of fused-ring (bicyclic) bond motifs is 1. The Morgan fingerprint density at radius 2 is 2.15 bits per heavy atom. The average molecular weight is 389 g/mol. The molecule has 0 radical (unpaired) electrons. The molecule has 1 saturated heterocycles. The highest BCUT2D eigenvalue weighted by atomic mass is 32.2. The molecule has 10 heteroatoms. The van der Waals surface area contributed by atoms with Gasteiger partial charge in [0.15, 0.2) is 0 Å². The van der Waals surface area contributed by atoms with E-state index in [-0.39, 0.29) is 12.6 Å². The summed E-state index contributed by atoms with van der Waals surface area (Å²) in [4.78, 5) is 13.9. The number of hydrogen-bond donors (Lipinski definition) is 1. The first-order chi connectivity index (χ1) is 12.9. The minimum atomic E-state index is -3.69. The molecule has 2 fully saturated rings. The molecule has 0 amide bonds. The molecule has 1 aliphatic carbocycles. The molecular weight excluding hydrogens is 366 g/mol. The van der Waals surface area contributed by atoms with Gasteiger partial charge < -0.3 is 9.88 Å². The van der Waals surface area contributed by atoms with Gasteiger partial charge in [0.2, 0.25) is 0 Å². The van der Waals surface area contributed by atoms with Crippen LogP contribution >= 0.6 is 0 Å². The van der Waals surface area contributed by atoms with Gasteiger partial charge in [-0.15, -0.1) is 0 Å². The summed E-state index contributed by atoms with van der Waals surface area (Å²) in [6.45, 7) is 5.00. The summed E-state index contributed by atoms with van der Waals surface area (Å²) < 4.78 is 29.4. The van der Waals surface area contributed by atoms with E-state index in [1.807, 2.05) is 18.3 Å². The molecule has 3 heterocycles. The van der Waals surface area contributed by atoms with Crippen LogP contribution in [0.25, 0.3) is 11.0 Å². The second kappa shape index (κ2) is 6.44. The van der Waals surface area contributed by atoms with Crippen molar-refractivity contribution in [1.82, 2.24) is 23.6 Å². The van der Waals surface area contributed by atoms with Crippen molar-refractivity contribution in [3.05, 3.63) is 18.6 Å². The van der Waals surface area contributed by atoms with Crippen LogP contribution in [0, 0.1) is 11.3 Å². The number of anilines is 1. The molecule has 0 unspecified atom stereocenters. The van der Waals surface area contributed by atoms with Crippen molar-refractivity contribution < 1.29 is 8.42 Å². The van der Waals surface area contributed by atoms with Gasteiger partial charge in [-0.05, 0) is 32.8 Å². The second-order valence-electron chi connectivity index (χ2n) is 7.46. The zero-order valence-electron chi connectivity index (χ0n) is 15.5. The highest BCUT2D eigenvalue weighted by Gasteiger charge is 2.57. The van der Waals surface area contributed by atoms with Gasteiger partial charge in [-0.3, -0.25) is 0 Å². The summed E-state index contributed by atoms with van der Waals surface area (Å²) in [5.74, 6) is 0.835. The largest absolute Gasteiger partial charge is 0.353 e. The highest BCUT2D eigenvalue weighted by molar-refractivity contribution is 7.86. The summed E-state index contributed by atoms with van der Waals surface area (Å²) in [5.41, 5.74) is 0.368. The first kappa shape index (κ1) is 18.2. The van der Waals surface area contributed by atoms with Crippen molar-refractivity contribution in [3.63, 3.8) is 0 Å². The zero-order chi connectivity index (χ0) is 19.2. The number of aromatic amines is 1. The van der Waals surface area contributed by atoms with Crippen LogP contribution in [0.3, 0.4) is 0 Å². The molecule has 144 valence electrons. The Morgan fingerprint density at radius 1 is 1.37 bits per heavy atom. The SMILES string of the molecule is CC(C)N(CC#N)S(=O)(=O)N1CCN(c2ncnc3[nH]ccc23)CC12CC2. The van der Waals surface area contributed by atoms with Crippen LogP contribution in [-0.4, -0.2) is 69.7 Å². The molecule has 4 rings (SSSR count). The first-order valence-corrected chi connectivity index (χ1v) is 10.5. The maximum Gasteiger partial charge on any atom is 0.283 e. The molecular formula is C17H23N7O2S. The van der Waals surface area contributed by atoms with Crippen LogP contribution in [-0.2, 0) is 10.2 Å². The van der Waals surface area contributed by atoms with E-state index in [1.165, 1.54) is 10.6 Å². The lowest BCUT2D eigenvalue weighted by molar-refractivity contribution is 0.239. The third-order valence-corrected chi connectivity index (χ3v) is 7.69. The van der Waals surface area contributed by atoms with E-state index in [0.717, 1.165) is 29.7 Å². The van der Waals surface area contributed by atoms with Crippen LogP contribution in [0.15, 0.2) is 18.6 Å². The van der Waals surface area contributed by atoms with E-state index in [4.69, 9.17) is 5.26 Å². The maximum atomic E-state index is 13.2. The van der Waals surface area contributed by atoms with Gasteiger partial charge in [-0.2, -0.15) is 22.3 Å². The number of H-pyrrole nitrogens is 1. The Bertz CT molecular complexity index is 990. The molecule has 0 aromatic carbocycles. The third kappa shape index (κ3) is 2.96. The summed E-state index contributed by atoms with van der Waals surface area (Å²) in [7, 11) is -3.69. The minimum Gasteiger partial charge on any atom is -0.353 e. The van der Waals surface area contributed by atoms with Crippen molar-refractivity contribution in [2.24, 2.45) is 0 Å². The number of aromatic nitrogens is 3. The normalized spacial score (nSPS) is 19.9. The van der Waals surface area contributed by atoms with Crippen LogP contribution in [0.5, 0.6) is 0 Å². The van der Waals surface area contributed by atoms with E-state index in [1.54, 1.807) is 18.2 Å². The lowest BCUT2D eigenvalue weighted by Crippen LogP contribution is -2.61. The quantitative estimate of drug-likeness (QED) is 0.767. The summed E-state index contributed by atoms with van der Waals surface area (Å²) >= 11 is 0. The molecule has 0 bridgehead atoms. The van der Waals surface area contributed by atoms with Gasteiger partial charge in [0, 0.05) is 31.9 Å². The number of hydrogen-bond acceptors (Lipinski definition) is 6. The van der Waals surface area contributed by atoms with E-state index in [2.05, 4.69) is 19.9 Å². The van der Waals surface area contributed by atoms with E-state index >= 15 is 0 Å². The van der Waals surface area contributed by atoms with Crippen LogP contribution < -0.4 is 4.90 Å². The molecule has 2 aromatic heterocycles. The standard InChI is InChI=1S/C17H23N7O2S/c1-13(2)23(8-6-18)27(25,26)24-10-9-22(11-17(24)4-5-17)16-14-3-7-19-15(14)20-12-21-16/h3,7,12-13H,4-5,8-11H2,1-2H3,(H,19,20,21). The zero-order valence-corrected chi connectivity index (χ0v) is 16.3. The van der Waals surface area contributed by atoms with Crippen molar-refractivity contribution in [2.45, 2.75) is 38.3 Å². The Balaban J connectivity index is 1.62. The molecule has 27 heavy (non-hydrogen) atoms. The van der Waals surface area contributed by atoms with Gasteiger partial charge in [-0.1, -0.05) is 0 Å². The Morgan fingerprint density at radius 3 is 2.81 bits per heavy atom. The molecule has 1 spiro atoms. The number of rotatable bonds is 5. The summed E-state index contributed by atoms with van der Waals surface area (Å²) in [5, 5.41) is 10.0. The maximum absolute atomic E-state index is 13.2. The van der Waals surface area contributed by atoms with E-state index in [0.29, 0.717) is 19.6 Å². The topological polar surface area (TPSA) is 109 Å². The van der Waals surface area contributed by atoms with E-state index in [9.17, 15) is 8.42 Å². The van der Waals surface area contributed by atoms with Crippen LogP contribution in [0.1, 0.15) is 26.7 Å². The fourth-order valence-electron chi connectivity index (χ4n) is 3.89. The van der Waals surface area contributed by atoms with Crippen molar-refractivity contribution >= 4 is 27.1 Å². The fraction of sp³-hybridized carbons (Fsp3) is 0.588. The molecule has 2 aliphatic rings. The van der Waals surface area contributed by atoms with Crippen molar-refractivity contribution in [3.8, 4) is 6.07 Å². The van der Waals surface area contributed by atoms with Crippen molar-refractivity contribution in [1.29, 1.82) is 5.26 Å². The first-order valence-electron chi connectivity index (χ1n) is 9.09. The summed E-state index contributed by atoms with van der Waals surface area (Å²) in [6, 6.07) is 3.67. The summed E-state index contributed by atoms with van der Waals surface area (Å²) in [6.07, 6.45) is 5.01. The molecule has 9 nitrogen and oxygen atoms in total. The number of nitrogens with one attached hydrogen (secondary N) is 1. The monoisotopic (exact) mass is 389 g/mol. The second-order valence-corrected chi connectivity index (χ2v) is 9.27.